The highest BCUT2D eigenvalue weighted by Crippen LogP contribution is 2.55. The lowest BCUT2D eigenvalue weighted by Gasteiger charge is -2.49. The molecule has 2 aliphatic rings. The topological polar surface area (TPSA) is 0 Å². The minimum absolute atomic E-state index is 0.625. The monoisotopic (exact) mass is 250 g/mol. The predicted octanol–water partition coefficient (Wildman–Crippen LogP) is 6.34. The Hall–Kier alpha value is 0. The van der Waals surface area contributed by atoms with Gasteiger partial charge in [0.15, 0.2) is 0 Å². The Balaban J connectivity index is 2.12. The molecule has 18 heavy (non-hydrogen) atoms. The van der Waals surface area contributed by atoms with Gasteiger partial charge in [-0.25, -0.2) is 0 Å². The SMILES string of the molecule is CC1CCCCC(C)(C2(C)CCCCCCC2)C1. The van der Waals surface area contributed by atoms with Crippen LogP contribution in [0.1, 0.15) is 97.8 Å². The minimum atomic E-state index is 0.625. The number of rotatable bonds is 1. The molecule has 0 heterocycles. The highest BCUT2D eigenvalue weighted by Gasteiger charge is 2.44. The maximum absolute atomic E-state index is 2.64. The summed E-state index contributed by atoms with van der Waals surface area (Å²) >= 11 is 0. The van der Waals surface area contributed by atoms with Crippen molar-refractivity contribution in [3.05, 3.63) is 0 Å². The van der Waals surface area contributed by atoms with Crippen LogP contribution in [0.4, 0.5) is 0 Å². The van der Waals surface area contributed by atoms with Crippen LogP contribution in [-0.2, 0) is 0 Å². The molecule has 2 atom stereocenters. The number of hydrogen-bond acceptors (Lipinski definition) is 0. The molecule has 0 heteroatoms. The lowest BCUT2D eigenvalue weighted by atomic mass is 9.56. The summed E-state index contributed by atoms with van der Waals surface area (Å²) in [7, 11) is 0. The zero-order valence-electron chi connectivity index (χ0n) is 13.1. The molecule has 0 radical (unpaired) electrons. The van der Waals surface area contributed by atoms with E-state index in [2.05, 4.69) is 20.8 Å². The average molecular weight is 250 g/mol. The summed E-state index contributed by atoms with van der Waals surface area (Å²) in [6, 6.07) is 0. The summed E-state index contributed by atoms with van der Waals surface area (Å²) in [6.45, 7) is 7.77. The molecule has 2 aliphatic carbocycles. The summed E-state index contributed by atoms with van der Waals surface area (Å²) in [4.78, 5) is 0. The van der Waals surface area contributed by atoms with Crippen molar-refractivity contribution in [2.45, 2.75) is 97.8 Å². The summed E-state index contributed by atoms with van der Waals surface area (Å²) in [5, 5.41) is 0. The molecular formula is C18H34. The van der Waals surface area contributed by atoms with Crippen LogP contribution < -0.4 is 0 Å². The maximum atomic E-state index is 2.64. The summed E-state index contributed by atoms with van der Waals surface area (Å²) in [5.41, 5.74) is 1.26. The van der Waals surface area contributed by atoms with Gasteiger partial charge in [-0.2, -0.15) is 0 Å². The van der Waals surface area contributed by atoms with Crippen molar-refractivity contribution in [3.8, 4) is 0 Å². The Kier molecular flexibility index (Phi) is 4.78. The standard InChI is InChI=1S/C18H34/c1-16-11-7-10-14-18(3,15-16)17(2)12-8-5-4-6-9-13-17/h16H,4-15H2,1-3H3. The molecule has 0 aromatic heterocycles. The van der Waals surface area contributed by atoms with E-state index >= 15 is 0 Å². The van der Waals surface area contributed by atoms with Crippen LogP contribution in [0.3, 0.4) is 0 Å². The van der Waals surface area contributed by atoms with Gasteiger partial charge in [-0.15, -0.1) is 0 Å². The van der Waals surface area contributed by atoms with Crippen LogP contribution in [-0.4, -0.2) is 0 Å². The summed E-state index contributed by atoms with van der Waals surface area (Å²) in [6.07, 6.45) is 17.9. The van der Waals surface area contributed by atoms with Crippen molar-refractivity contribution in [3.63, 3.8) is 0 Å². The Morgan fingerprint density at radius 3 is 1.83 bits per heavy atom. The average Bonchev–Trinajstić information content (AvgIpc) is 2.46. The van der Waals surface area contributed by atoms with Crippen LogP contribution in [0.25, 0.3) is 0 Å². The fraction of sp³-hybridized carbons (Fsp3) is 1.00. The second-order valence-corrected chi connectivity index (χ2v) is 7.94. The van der Waals surface area contributed by atoms with Crippen LogP contribution in [0, 0.1) is 16.7 Å². The highest BCUT2D eigenvalue weighted by atomic mass is 14.5. The van der Waals surface area contributed by atoms with Gasteiger partial charge >= 0.3 is 0 Å². The van der Waals surface area contributed by atoms with Gasteiger partial charge in [0, 0.05) is 0 Å². The third kappa shape index (κ3) is 3.11. The molecule has 2 rings (SSSR count). The van der Waals surface area contributed by atoms with Gasteiger partial charge in [0.1, 0.15) is 0 Å². The molecule has 0 aromatic rings. The molecule has 106 valence electrons. The van der Waals surface area contributed by atoms with Crippen molar-refractivity contribution >= 4 is 0 Å². The molecular weight excluding hydrogens is 216 g/mol. The minimum Gasteiger partial charge on any atom is -0.0625 e. The third-order valence-electron chi connectivity index (χ3n) is 6.39. The maximum Gasteiger partial charge on any atom is -0.0269 e. The third-order valence-corrected chi connectivity index (χ3v) is 6.39. The van der Waals surface area contributed by atoms with E-state index in [-0.39, 0.29) is 0 Å². The molecule has 0 N–H and O–H groups in total. The van der Waals surface area contributed by atoms with Crippen molar-refractivity contribution in [1.82, 2.24) is 0 Å². The van der Waals surface area contributed by atoms with Crippen molar-refractivity contribution in [1.29, 1.82) is 0 Å². The van der Waals surface area contributed by atoms with E-state index in [0.717, 1.165) is 5.92 Å². The van der Waals surface area contributed by atoms with Gasteiger partial charge in [0.2, 0.25) is 0 Å². The molecule has 0 amide bonds. The zero-order chi connectivity index (χ0) is 13.1. The Labute approximate surface area is 115 Å². The molecule has 0 saturated heterocycles. The van der Waals surface area contributed by atoms with Gasteiger partial charge in [-0.1, -0.05) is 72.1 Å². The van der Waals surface area contributed by atoms with Gasteiger partial charge < -0.3 is 0 Å². The van der Waals surface area contributed by atoms with E-state index in [1.165, 1.54) is 77.0 Å². The van der Waals surface area contributed by atoms with Gasteiger partial charge in [-0.05, 0) is 42.4 Å². The normalized spacial score (nSPS) is 38.5. The Morgan fingerprint density at radius 1 is 0.667 bits per heavy atom. The lowest BCUT2D eigenvalue weighted by molar-refractivity contribution is 0.0151. The van der Waals surface area contributed by atoms with E-state index < -0.39 is 0 Å². The first-order chi connectivity index (χ1) is 8.56. The van der Waals surface area contributed by atoms with Crippen LogP contribution in [0.15, 0.2) is 0 Å². The molecule has 0 nitrogen and oxygen atoms in total. The van der Waals surface area contributed by atoms with Crippen LogP contribution in [0.2, 0.25) is 0 Å². The first-order valence-corrected chi connectivity index (χ1v) is 8.56. The first-order valence-electron chi connectivity index (χ1n) is 8.56. The predicted molar refractivity (Wildman–Crippen MR) is 80.8 cm³/mol. The zero-order valence-corrected chi connectivity index (χ0v) is 13.1. The van der Waals surface area contributed by atoms with Crippen LogP contribution in [0.5, 0.6) is 0 Å². The van der Waals surface area contributed by atoms with E-state index in [4.69, 9.17) is 0 Å². The van der Waals surface area contributed by atoms with Gasteiger partial charge in [0.05, 0.1) is 0 Å². The first kappa shape index (κ1) is 14.4. The van der Waals surface area contributed by atoms with E-state index in [0.29, 0.717) is 10.8 Å². The van der Waals surface area contributed by atoms with E-state index in [9.17, 15) is 0 Å². The molecule has 2 fully saturated rings. The fourth-order valence-electron chi connectivity index (χ4n) is 4.82. The molecule has 2 unspecified atom stereocenters. The number of hydrogen-bond donors (Lipinski definition) is 0. The van der Waals surface area contributed by atoms with E-state index in [1.807, 2.05) is 0 Å². The largest absolute Gasteiger partial charge is 0.0625 e. The fourth-order valence-corrected chi connectivity index (χ4v) is 4.82. The second-order valence-electron chi connectivity index (χ2n) is 7.94. The van der Waals surface area contributed by atoms with Gasteiger partial charge in [0.25, 0.3) is 0 Å². The molecule has 2 saturated carbocycles. The lowest BCUT2D eigenvalue weighted by Crippen LogP contribution is -2.39. The van der Waals surface area contributed by atoms with Crippen LogP contribution >= 0.6 is 0 Å². The van der Waals surface area contributed by atoms with Crippen molar-refractivity contribution in [2.75, 3.05) is 0 Å². The van der Waals surface area contributed by atoms with E-state index in [1.54, 1.807) is 0 Å². The van der Waals surface area contributed by atoms with Crippen molar-refractivity contribution < 1.29 is 0 Å². The molecule has 0 spiro atoms. The molecule has 0 aromatic carbocycles. The molecule has 0 bridgehead atoms. The highest BCUT2D eigenvalue weighted by molar-refractivity contribution is 4.95. The quantitative estimate of drug-likeness (QED) is 0.476. The van der Waals surface area contributed by atoms with Crippen molar-refractivity contribution in [2.24, 2.45) is 16.7 Å². The smallest absolute Gasteiger partial charge is 0.0269 e. The Morgan fingerprint density at radius 2 is 1.17 bits per heavy atom. The summed E-state index contributed by atoms with van der Waals surface area (Å²) < 4.78 is 0. The summed E-state index contributed by atoms with van der Waals surface area (Å²) in [5.74, 6) is 0.958. The molecule has 0 aliphatic heterocycles. The van der Waals surface area contributed by atoms with Gasteiger partial charge in [-0.3, -0.25) is 0 Å². The second kappa shape index (κ2) is 5.97. The Bertz CT molecular complexity index is 247.